The highest BCUT2D eigenvalue weighted by molar-refractivity contribution is 6.03. The number of carbonyl (C=O) groups excluding carboxylic acids is 2. The topological polar surface area (TPSA) is 55.4 Å². The molecule has 0 saturated carbocycles. The second-order valence-corrected chi connectivity index (χ2v) is 4.75. The van der Waals surface area contributed by atoms with E-state index in [2.05, 4.69) is 5.32 Å². The lowest BCUT2D eigenvalue weighted by Gasteiger charge is -2.36. The fraction of sp³-hybridized carbons (Fsp3) is 0.467. The van der Waals surface area contributed by atoms with E-state index >= 15 is 0 Å². The zero-order valence-electron chi connectivity index (χ0n) is 11.6. The standard InChI is InChI=1S/C15H19NO3/c1-4-12(17)10-7-8-13-11(9-10)16-14(18)15(5-2,6-3)19-13/h7-9H,4-6H2,1-3H3,(H,16,18). The maximum Gasteiger partial charge on any atom is 0.268 e. The zero-order chi connectivity index (χ0) is 14.0. The second-order valence-electron chi connectivity index (χ2n) is 4.75. The Kier molecular flexibility index (Phi) is 3.60. The number of hydrogen-bond donors (Lipinski definition) is 1. The Hall–Kier alpha value is -1.84. The largest absolute Gasteiger partial charge is 0.475 e. The maximum atomic E-state index is 12.2. The summed E-state index contributed by atoms with van der Waals surface area (Å²) >= 11 is 0. The van der Waals surface area contributed by atoms with Crippen molar-refractivity contribution < 1.29 is 14.3 Å². The first-order chi connectivity index (χ1) is 9.06. The molecule has 4 heteroatoms. The SMILES string of the molecule is CCC(=O)c1ccc2c(c1)NC(=O)C(CC)(CC)O2. The Balaban J connectivity index is 2.38. The van der Waals surface area contributed by atoms with Gasteiger partial charge in [-0.05, 0) is 31.0 Å². The molecule has 1 amide bonds. The van der Waals surface area contributed by atoms with Crippen molar-refractivity contribution in [2.45, 2.75) is 45.6 Å². The van der Waals surface area contributed by atoms with Crippen LogP contribution in [0.5, 0.6) is 5.75 Å². The van der Waals surface area contributed by atoms with Crippen molar-refractivity contribution in [1.29, 1.82) is 0 Å². The molecule has 0 fully saturated rings. The lowest BCUT2D eigenvalue weighted by Crippen LogP contribution is -2.49. The zero-order valence-corrected chi connectivity index (χ0v) is 11.6. The van der Waals surface area contributed by atoms with E-state index in [-0.39, 0.29) is 11.7 Å². The number of amides is 1. The van der Waals surface area contributed by atoms with Gasteiger partial charge in [0.25, 0.3) is 5.91 Å². The monoisotopic (exact) mass is 261 g/mol. The number of Topliss-reactive ketones (excluding diaryl/α,β-unsaturated/α-hetero) is 1. The van der Waals surface area contributed by atoms with Gasteiger partial charge in [0.05, 0.1) is 5.69 Å². The van der Waals surface area contributed by atoms with Crippen molar-refractivity contribution in [1.82, 2.24) is 0 Å². The van der Waals surface area contributed by atoms with E-state index in [1.54, 1.807) is 18.2 Å². The summed E-state index contributed by atoms with van der Waals surface area (Å²) in [5.41, 5.74) is 0.399. The Bertz CT molecular complexity index is 518. The lowest BCUT2D eigenvalue weighted by atomic mass is 9.93. The van der Waals surface area contributed by atoms with Gasteiger partial charge in [0.15, 0.2) is 11.4 Å². The lowest BCUT2D eigenvalue weighted by molar-refractivity contribution is -0.133. The van der Waals surface area contributed by atoms with Gasteiger partial charge in [-0.15, -0.1) is 0 Å². The molecule has 1 aromatic carbocycles. The van der Waals surface area contributed by atoms with Crippen LogP contribution in [-0.4, -0.2) is 17.3 Å². The average molecular weight is 261 g/mol. The van der Waals surface area contributed by atoms with E-state index in [0.29, 0.717) is 36.3 Å². The highest BCUT2D eigenvalue weighted by atomic mass is 16.5. The van der Waals surface area contributed by atoms with E-state index in [0.717, 1.165) is 0 Å². The number of benzene rings is 1. The van der Waals surface area contributed by atoms with Crippen LogP contribution in [0, 0.1) is 0 Å². The molecule has 0 saturated heterocycles. The summed E-state index contributed by atoms with van der Waals surface area (Å²) in [5, 5.41) is 2.86. The third-order valence-corrected chi connectivity index (χ3v) is 3.73. The van der Waals surface area contributed by atoms with Crippen LogP contribution in [0.3, 0.4) is 0 Å². The number of ether oxygens (including phenoxy) is 1. The maximum absolute atomic E-state index is 12.2. The third-order valence-electron chi connectivity index (χ3n) is 3.73. The molecule has 1 heterocycles. The molecular formula is C15H19NO3. The average Bonchev–Trinajstić information content (AvgIpc) is 2.45. The van der Waals surface area contributed by atoms with Crippen molar-refractivity contribution in [2.75, 3.05) is 5.32 Å². The van der Waals surface area contributed by atoms with Gasteiger partial charge in [0.2, 0.25) is 0 Å². The molecule has 0 aliphatic carbocycles. The molecule has 1 aliphatic heterocycles. The van der Waals surface area contributed by atoms with Crippen molar-refractivity contribution in [2.24, 2.45) is 0 Å². The van der Waals surface area contributed by atoms with Crippen LogP contribution in [0.15, 0.2) is 18.2 Å². The number of carbonyl (C=O) groups is 2. The molecule has 0 bridgehead atoms. The van der Waals surface area contributed by atoms with Gasteiger partial charge >= 0.3 is 0 Å². The molecule has 1 aromatic rings. The minimum Gasteiger partial charge on any atom is -0.475 e. The summed E-state index contributed by atoms with van der Waals surface area (Å²) in [4.78, 5) is 23.8. The highest BCUT2D eigenvalue weighted by Crippen LogP contribution is 2.37. The first-order valence-corrected chi connectivity index (χ1v) is 6.74. The molecule has 0 unspecified atom stereocenters. The molecule has 2 rings (SSSR count). The van der Waals surface area contributed by atoms with Gasteiger partial charge in [-0.25, -0.2) is 0 Å². The summed E-state index contributed by atoms with van der Waals surface area (Å²) in [5.74, 6) is 0.557. The van der Waals surface area contributed by atoms with E-state index in [4.69, 9.17) is 4.74 Å². The number of nitrogens with one attached hydrogen (secondary N) is 1. The Morgan fingerprint density at radius 1 is 1.26 bits per heavy atom. The number of hydrogen-bond acceptors (Lipinski definition) is 3. The molecule has 4 nitrogen and oxygen atoms in total. The highest BCUT2D eigenvalue weighted by Gasteiger charge is 2.41. The Morgan fingerprint density at radius 3 is 2.53 bits per heavy atom. The van der Waals surface area contributed by atoms with Crippen molar-refractivity contribution in [3.8, 4) is 5.75 Å². The number of ketones is 1. The third kappa shape index (κ3) is 2.23. The minimum absolute atomic E-state index is 0.0554. The normalized spacial score (nSPS) is 16.3. The van der Waals surface area contributed by atoms with Crippen LogP contribution in [0.2, 0.25) is 0 Å². The molecular weight excluding hydrogens is 242 g/mol. The molecule has 1 N–H and O–H groups in total. The Morgan fingerprint density at radius 2 is 1.95 bits per heavy atom. The van der Waals surface area contributed by atoms with E-state index in [9.17, 15) is 9.59 Å². The van der Waals surface area contributed by atoms with Crippen LogP contribution < -0.4 is 10.1 Å². The second kappa shape index (κ2) is 5.03. The van der Waals surface area contributed by atoms with Gasteiger partial charge < -0.3 is 10.1 Å². The van der Waals surface area contributed by atoms with Crippen LogP contribution in [0.1, 0.15) is 50.4 Å². The summed E-state index contributed by atoms with van der Waals surface area (Å²) in [6.45, 7) is 5.68. The molecule has 0 atom stereocenters. The van der Waals surface area contributed by atoms with Gasteiger partial charge in [-0.1, -0.05) is 20.8 Å². The predicted octanol–water partition coefficient (Wildman–Crippen LogP) is 3.17. The molecule has 102 valence electrons. The quantitative estimate of drug-likeness (QED) is 0.847. The molecule has 0 spiro atoms. The van der Waals surface area contributed by atoms with Crippen LogP contribution in [0.25, 0.3) is 0 Å². The summed E-state index contributed by atoms with van der Waals surface area (Å²) in [6.07, 6.45) is 1.68. The summed E-state index contributed by atoms with van der Waals surface area (Å²) < 4.78 is 5.88. The van der Waals surface area contributed by atoms with Gasteiger partial charge in [0, 0.05) is 12.0 Å². The van der Waals surface area contributed by atoms with Crippen LogP contribution in [0.4, 0.5) is 5.69 Å². The Labute approximate surface area is 113 Å². The summed E-state index contributed by atoms with van der Waals surface area (Å²) in [6, 6.07) is 5.20. The van der Waals surface area contributed by atoms with Crippen LogP contribution in [-0.2, 0) is 4.79 Å². The molecule has 0 radical (unpaired) electrons. The molecule has 0 aromatic heterocycles. The van der Waals surface area contributed by atoms with Gasteiger partial charge in [-0.2, -0.15) is 0 Å². The number of anilines is 1. The van der Waals surface area contributed by atoms with Crippen molar-refractivity contribution in [3.05, 3.63) is 23.8 Å². The van der Waals surface area contributed by atoms with Crippen molar-refractivity contribution in [3.63, 3.8) is 0 Å². The van der Waals surface area contributed by atoms with Crippen molar-refractivity contribution >= 4 is 17.4 Å². The molecule has 19 heavy (non-hydrogen) atoms. The number of rotatable bonds is 4. The van der Waals surface area contributed by atoms with E-state index in [1.807, 2.05) is 20.8 Å². The fourth-order valence-corrected chi connectivity index (χ4v) is 2.30. The van der Waals surface area contributed by atoms with Crippen LogP contribution >= 0.6 is 0 Å². The fourth-order valence-electron chi connectivity index (χ4n) is 2.30. The molecule has 1 aliphatic rings. The minimum atomic E-state index is -0.788. The smallest absolute Gasteiger partial charge is 0.268 e. The van der Waals surface area contributed by atoms with E-state index < -0.39 is 5.60 Å². The number of fused-ring (bicyclic) bond motifs is 1. The van der Waals surface area contributed by atoms with Gasteiger partial charge in [-0.3, -0.25) is 9.59 Å². The first-order valence-electron chi connectivity index (χ1n) is 6.74. The van der Waals surface area contributed by atoms with E-state index in [1.165, 1.54) is 0 Å². The predicted molar refractivity (Wildman–Crippen MR) is 73.6 cm³/mol. The van der Waals surface area contributed by atoms with Gasteiger partial charge in [0.1, 0.15) is 5.75 Å². The first kappa shape index (κ1) is 13.6. The summed E-state index contributed by atoms with van der Waals surface area (Å²) in [7, 11) is 0.